The van der Waals surface area contributed by atoms with E-state index in [1.807, 2.05) is 0 Å². The summed E-state index contributed by atoms with van der Waals surface area (Å²) in [5, 5.41) is 16.1. The molecule has 0 aliphatic carbocycles. The maximum Gasteiger partial charge on any atom is 0.199 e. The number of nitrogens with one attached hydrogen (secondary N) is 1. The number of phenols is 1. The van der Waals surface area contributed by atoms with E-state index in [2.05, 4.69) is 10.2 Å². The summed E-state index contributed by atoms with van der Waals surface area (Å²) < 4.78 is 13.0. The Balaban J connectivity index is 2.09. The lowest BCUT2D eigenvalue weighted by Gasteiger charge is -2.04. The molecule has 0 radical (unpaired) electrons. The Morgan fingerprint density at radius 1 is 1.18 bits per heavy atom. The topological polar surface area (TPSA) is 92.0 Å². The van der Waals surface area contributed by atoms with Crippen LogP contribution in [0.25, 0.3) is 11.3 Å². The molecule has 5 nitrogen and oxygen atoms in total. The molecule has 1 aromatic heterocycles. The molecule has 0 fully saturated rings. The number of hydrogen-bond acceptors (Lipinski definition) is 4. The summed E-state index contributed by atoms with van der Waals surface area (Å²) in [7, 11) is 0. The number of nitrogens with zero attached hydrogens (tertiary/aromatic N) is 1. The highest BCUT2D eigenvalue weighted by molar-refractivity contribution is 6.15. The molecule has 6 heteroatoms. The summed E-state index contributed by atoms with van der Waals surface area (Å²) in [5.41, 5.74) is 7.20. The smallest absolute Gasteiger partial charge is 0.199 e. The van der Waals surface area contributed by atoms with Gasteiger partial charge in [-0.15, -0.1) is 0 Å². The Morgan fingerprint density at radius 3 is 2.59 bits per heavy atom. The molecule has 22 heavy (non-hydrogen) atoms. The van der Waals surface area contributed by atoms with Crippen molar-refractivity contribution in [1.29, 1.82) is 0 Å². The fraction of sp³-hybridized carbons (Fsp3) is 0. The van der Waals surface area contributed by atoms with E-state index in [4.69, 9.17) is 5.73 Å². The number of rotatable bonds is 3. The number of aromatic nitrogens is 2. The summed E-state index contributed by atoms with van der Waals surface area (Å²) in [5.74, 6) is -0.654. The van der Waals surface area contributed by atoms with E-state index in [1.165, 1.54) is 36.4 Å². The first kappa shape index (κ1) is 13.8. The van der Waals surface area contributed by atoms with Crippen LogP contribution in [0.4, 0.5) is 10.2 Å². The second-order valence-electron chi connectivity index (χ2n) is 4.75. The molecule has 0 aliphatic heterocycles. The van der Waals surface area contributed by atoms with Gasteiger partial charge in [-0.2, -0.15) is 5.10 Å². The van der Waals surface area contributed by atoms with Gasteiger partial charge in [0.25, 0.3) is 0 Å². The van der Waals surface area contributed by atoms with Crippen molar-refractivity contribution in [2.45, 2.75) is 0 Å². The van der Waals surface area contributed by atoms with Crippen LogP contribution in [0.5, 0.6) is 5.75 Å². The number of anilines is 1. The highest BCUT2D eigenvalue weighted by Crippen LogP contribution is 2.28. The van der Waals surface area contributed by atoms with Gasteiger partial charge in [-0.25, -0.2) is 4.39 Å². The number of benzene rings is 2. The normalized spacial score (nSPS) is 10.6. The number of hydrogen-bond donors (Lipinski definition) is 3. The highest BCUT2D eigenvalue weighted by Gasteiger charge is 2.21. The largest absolute Gasteiger partial charge is 0.508 e. The average Bonchev–Trinajstić information content (AvgIpc) is 2.89. The number of aromatic hydroxyl groups is 1. The second kappa shape index (κ2) is 5.33. The maximum absolute atomic E-state index is 13.0. The van der Waals surface area contributed by atoms with Gasteiger partial charge < -0.3 is 10.8 Å². The summed E-state index contributed by atoms with van der Waals surface area (Å²) >= 11 is 0. The Bertz CT molecular complexity index is 841. The Hall–Kier alpha value is -3.15. The molecule has 0 amide bonds. The number of aromatic amines is 1. The van der Waals surface area contributed by atoms with Crippen LogP contribution in [0.3, 0.4) is 0 Å². The molecule has 0 atom stereocenters. The lowest BCUT2D eigenvalue weighted by atomic mass is 9.99. The summed E-state index contributed by atoms with van der Waals surface area (Å²) in [4.78, 5) is 12.6. The van der Waals surface area contributed by atoms with Crippen LogP contribution in [0.2, 0.25) is 0 Å². The number of nitrogens with two attached hydrogens (primary N) is 1. The molecule has 0 bridgehead atoms. The van der Waals surface area contributed by atoms with Crippen molar-refractivity contribution in [3.8, 4) is 17.0 Å². The third-order valence-corrected chi connectivity index (χ3v) is 3.25. The van der Waals surface area contributed by atoms with Gasteiger partial charge >= 0.3 is 0 Å². The zero-order valence-electron chi connectivity index (χ0n) is 11.4. The van der Waals surface area contributed by atoms with E-state index in [1.54, 1.807) is 12.1 Å². The van der Waals surface area contributed by atoms with Crippen LogP contribution >= 0.6 is 0 Å². The Morgan fingerprint density at radius 2 is 1.91 bits per heavy atom. The number of halogens is 1. The molecule has 4 N–H and O–H groups in total. The van der Waals surface area contributed by atoms with Crippen molar-refractivity contribution in [1.82, 2.24) is 10.2 Å². The van der Waals surface area contributed by atoms with Gasteiger partial charge in [-0.1, -0.05) is 12.1 Å². The van der Waals surface area contributed by atoms with Crippen LogP contribution in [-0.4, -0.2) is 21.1 Å². The predicted octanol–water partition coefficient (Wildman–Crippen LogP) is 2.73. The van der Waals surface area contributed by atoms with Gasteiger partial charge in [-0.05, 0) is 36.4 Å². The highest BCUT2D eigenvalue weighted by atomic mass is 19.1. The minimum atomic E-state index is -0.381. The lowest BCUT2D eigenvalue weighted by Crippen LogP contribution is -2.05. The van der Waals surface area contributed by atoms with E-state index >= 15 is 0 Å². The molecule has 0 spiro atoms. The van der Waals surface area contributed by atoms with Crippen LogP contribution in [0.1, 0.15) is 15.9 Å². The fourth-order valence-corrected chi connectivity index (χ4v) is 2.19. The van der Waals surface area contributed by atoms with Crippen molar-refractivity contribution in [2.24, 2.45) is 0 Å². The SMILES string of the molecule is Nc1[nH]nc(-c2ccc(F)cc2)c1C(=O)c1cccc(O)c1. The molecule has 0 saturated heterocycles. The van der Waals surface area contributed by atoms with E-state index in [0.717, 1.165) is 0 Å². The van der Waals surface area contributed by atoms with E-state index < -0.39 is 0 Å². The standard InChI is InChI=1S/C16H12FN3O2/c17-11-6-4-9(5-7-11)14-13(16(18)20-19-14)15(22)10-2-1-3-12(21)8-10/h1-8,21H,(H3,18,19,20). The van der Waals surface area contributed by atoms with Gasteiger partial charge in [0.05, 0.1) is 5.56 Å². The lowest BCUT2D eigenvalue weighted by molar-refractivity contribution is 0.104. The third kappa shape index (κ3) is 2.42. The minimum Gasteiger partial charge on any atom is -0.508 e. The average molecular weight is 297 g/mol. The van der Waals surface area contributed by atoms with E-state index in [0.29, 0.717) is 11.3 Å². The molecule has 3 aromatic rings. The van der Waals surface area contributed by atoms with Gasteiger partial charge in [0.2, 0.25) is 0 Å². The number of carbonyl (C=O) groups is 1. The number of phenolic OH excluding ortho intramolecular Hbond substituents is 1. The Labute approximate surface area is 125 Å². The van der Waals surface area contributed by atoms with Crippen molar-refractivity contribution in [3.63, 3.8) is 0 Å². The van der Waals surface area contributed by atoms with Gasteiger partial charge in [0, 0.05) is 11.1 Å². The summed E-state index contributed by atoms with van der Waals surface area (Å²) in [6.07, 6.45) is 0. The quantitative estimate of drug-likeness (QED) is 0.648. The third-order valence-electron chi connectivity index (χ3n) is 3.25. The second-order valence-corrected chi connectivity index (χ2v) is 4.75. The van der Waals surface area contributed by atoms with Gasteiger partial charge in [0.15, 0.2) is 5.78 Å². The first-order chi connectivity index (χ1) is 10.6. The number of H-pyrrole nitrogens is 1. The zero-order chi connectivity index (χ0) is 15.7. The molecule has 0 saturated carbocycles. The van der Waals surface area contributed by atoms with Crippen LogP contribution in [0, 0.1) is 5.82 Å². The first-order valence-corrected chi connectivity index (χ1v) is 6.50. The monoisotopic (exact) mass is 297 g/mol. The predicted molar refractivity (Wildman–Crippen MR) is 79.9 cm³/mol. The van der Waals surface area contributed by atoms with Gasteiger partial charge in [0.1, 0.15) is 23.1 Å². The van der Waals surface area contributed by atoms with Crippen LogP contribution in [-0.2, 0) is 0 Å². The molecule has 0 aliphatic rings. The van der Waals surface area contributed by atoms with Crippen molar-refractivity contribution in [2.75, 3.05) is 5.73 Å². The number of ketones is 1. The molecule has 110 valence electrons. The van der Waals surface area contributed by atoms with Crippen molar-refractivity contribution < 1.29 is 14.3 Å². The zero-order valence-corrected chi connectivity index (χ0v) is 11.4. The van der Waals surface area contributed by atoms with Crippen molar-refractivity contribution >= 4 is 11.6 Å². The number of carbonyl (C=O) groups excluding carboxylic acids is 1. The molecule has 2 aromatic carbocycles. The fourth-order valence-electron chi connectivity index (χ4n) is 2.19. The first-order valence-electron chi connectivity index (χ1n) is 6.50. The van der Waals surface area contributed by atoms with Crippen LogP contribution in [0.15, 0.2) is 48.5 Å². The van der Waals surface area contributed by atoms with E-state index in [-0.39, 0.29) is 34.3 Å². The molecule has 0 unspecified atom stereocenters. The Kier molecular flexibility index (Phi) is 3.34. The summed E-state index contributed by atoms with van der Waals surface area (Å²) in [6, 6.07) is 11.6. The van der Waals surface area contributed by atoms with Gasteiger partial charge in [-0.3, -0.25) is 9.89 Å². The molecule has 1 heterocycles. The van der Waals surface area contributed by atoms with Crippen molar-refractivity contribution in [3.05, 3.63) is 65.5 Å². The number of nitrogen functional groups attached to an aromatic ring is 1. The minimum absolute atomic E-state index is 0.0174. The van der Waals surface area contributed by atoms with Crippen LogP contribution < -0.4 is 5.73 Å². The summed E-state index contributed by atoms with van der Waals surface area (Å²) in [6.45, 7) is 0. The molecular weight excluding hydrogens is 285 g/mol. The molecule has 3 rings (SSSR count). The van der Waals surface area contributed by atoms with E-state index in [9.17, 15) is 14.3 Å². The molecular formula is C16H12FN3O2. The maximum atomic E-state index is 13.0.